The predicted molar refractivity (Wildman–Crippen MR) is 96.1 cm³/mol. The number of para-hydroxylation sites is 1. The Kier molecular flexibility index (Phi) is 3.96. The number of benzene rings is 2. The molecule has 0 aliphatic heterocycles. The van der Waals surface area contributed by atoms with Crippen LogP contribution in [0.15, 0.2) is 48.5 Å². The minimum atomic E-state index is -2.17. The lowest BCUT2D eigenvalue weighted by molar-refractivity contribution is 0.0513. The number of carbonyl (C=O) groups excluding carboxylic acids is 1. The van der Waals surface area contributed by atoms with Gasteiger partial charge < -0.3 is 15.0 Å². The summed E-state index contributed by atoms with van der Waals surface area (Å²) >= 11 is 0. The van der Waals surface area contributed by atoms with Crippen molar-refractivity contribution < 1.29 is 12.3 Å². The summed E-state index contributed by atoms with van der Waals surface area (Å²) in [6, 6.07) is 15.3. The zero-order valence-electron chi connectivity index (χ0n) is 15.9. The van der Waals surface area contributed by atoms with E-state index in [1.54, 1.807) is 17.6 Å². The summed E-state index contributed by atoms with van der Waals surface area (Å²) in [5, 5.41) is 0.621. The molecule has 0 amide bonds. The van der Waals surface area contributed by atoms with E-state index in [0.29, 0.717) is 11.9 Å². The summed E-state index contributed by atoms with van der Waals surface area (Å²) in [5.41, 5.74) is 9.03. The highest BCUT2D eigenvalue weighted by molar-refractivity contribution is 5.99. The number of esters is 1. The van der Waals surface area contributed by atoms with Gasteiger partial charge in [-0.15, -0.1) is 0 Å². The third-order valence-corrected chi connectivity index (χ3v) is 4.05. The summed E-state index contributed by atoms with van der Waals surface area (Å²) in [4.78, 5) is 12.7. The zero-order chi connectivity index (χ0) is 18.9. The molecule has 0 unspecified atom stereocenters. The van der Waals surface area contributed by atoms with Gasteiger partial charge in [-0.2, -0.15) is 0 Å². The van der Waals surface area contributed by atoms with Crippen LogP contribution in [-0.2, 0) is 17.8 Å². The fourth-order valence-corrected chi connectivity index (χ4v) is 2.90. The molecule has 4 heteroatoms. The SMILES string of the molecule is [2H]C([2H])(N)c1c(C(=O)OCC)n(Cc2ccc(C)cc2)c2ccccc12. The summed E-state index contributed by atoms with van der Waals surface area (Å²) in [6.45, 7) is 2.20. The number of hydrogen-bond acceptors (Lipinski definition) is 3. The molecule has 0 saturated carbocycles. The van der Waals surface area contributed by atoms with Crippen molar-refractivity contribution in [1.29, 1.82) is 0 Å². The van der Waals surface area contributed by atoms with E-state index in [-0.39, 0.29) is 17.9 Å². The van der Waals surface area contributed by atoms with Gasteiger partial charge in [-0.3, -0.25) is 0 Å². The van der Waals surface area contributed by atoms with Crippen molar-refractivity contribution in [3.8, 4) is 0 Å². The van der Waals surface area contributed by atoms with E-state index in [9.17, 15) is 4.79 Å². The minimum Gasteiger partial charge on any atom is -0.461 e. The molecule has 0 atom stereocenters. The van der Waals surface area contributed by atoms with Crippen molar-refractivity contribution in [3.63, 3.8) is 0 Å². The van der Waals surface area contributed by atoms with E-state index >= 15 is 0 Å². The second-order valence-electron chi connectivity index (χ2n) is 5.68. The van der Waals surface area contributed by atoms with Crippen LogP contribution in [0.25, 0.3) is 10.9 Å². The zero-order valence-corrected chi connectivity index (χ0v) is 13.9. The van der Waals surface area contributed by atoms with Crippen molar-refractivity contribution in [2.45, 2.75) is 26.9 Å². The summed E-state index contributed by atoms with van der Waals surface area (Å²) in [7, 11) is 0. The first-order valence-electron chi connectivity index (χ1n) is 8.96. The smallest absolute Gasteiger partial charge is 0.355 e. The molecule has 124 valence electrons. The molecule has 2 aromatic carbocycles. The third kappa shape index (κ3) is 2.93. The standard InChI is InChI=1S/C20H22N2O2/c1-3-24-20(23)19-17(12-21)16-6-4-5-7-18(16)22(19)13-15-10-8-14(2)9-11-15/h4-11H,3,12-13,21H2,1-2H3/i12D2. The molecule has 2 N–H and O–H groups in total. The van der Waals surface area contributed by atoms with Crippen molar-refractivity contribution >= 4 is 16.9 Å². The molecule has 0 fully saturated rings. The second-order valence-corrected chi connectivity index (χ2v) is 5.68. The van der Waals surface area contributed by atoms with Crippen LogP contribution >= 0.6 is 0 Å². The first kappa shape index (κ1) is 13.8. The number of aryl methyl sites for hydroxylation is 1. The molecule has 1 aromatic heterocycles. The largest absolute Gasteiger partial charge is 0.461 e. The normalized spacial score (nSPS) is 12.8. The first-order valence-corrected chi connectivity index (χ1v) is 7.96. The van der Waals surface area contributed by atoms with Gasteiger partial charge in [-0.05, 0) is 25.5 Å². The van der Waals surface area contributed by atoms with Crippen molar-refractivity contribution in [1.82, 2.24) is 4.57 Å². The summed E-state index contributed by atoms with van der Waals surface area (Å²) < 4.78 is 23.1. The first-order chi connectivity index (χ1) is 12.3. The Hall–Kier alpha value is -2.59. The van der Waals surface area contributed by atoms with Crippen molar-refractivity contribution in [3.05, 3.63) is 70.9 Å². The van der Waals surface area contributed by atoms with Crippen LogP contribution in [0.5, 0.6) is 0 Å². The van der Waals surface area contributed by atoms with Crippen molar-refractivity contribution in [2.75, 3.05) is 6.61 Å². The highest BCUT2D eigenvalue weighted by Gasteiger charge is 2.22. The molecule has 0 bridgehead atoms. The number of rotatable bonds is 5. The van der Waals surface area contributed by atoms with E-state index in [0.717, 1.165) is 16.6 Å². The van der Waals surface area contributed by atoms with Gasteiger partial charge >= 0.3 is 5.97 Å². The highest BCUT2D eigenvalue weighted by Crippen LogP contribution is 2.28. The maximum absolute atomic E-state index is 12.7. The molecule has 3 rings (SSSR count). The van der Waals surface area contributed by atoms with Gasteiger partial charge in [0.15, 0.2) is 0 Å². The Morgan fingerprint density at radius 3 is 2.58 bits per heavy atom. The van der Waals surface area contributed by atoms with Gasteiger partial charge in [0.1, 0.15) is 5.69 Å². The van der Waals surface area contributed by atoms with Gasteiger partial charge in [0.05, 0.1) is 6.61 Å². The molecule has 0 spiro atoms. The number of nitrogens with zero attached hydrogens (tertiary/aromatic N) is 1. The number of nitrogens with two attached hydrogens (primary N) is 1. The lowest BCUT2D eigenvalue weighted by Crippen LogP contribution is -2.16. The molecule has 0 saturated heterocycles. The average Bonchev–Trinajstić information content (AvgIpc) is 2.92. The third-order valence-electron chi connectivity index (χ3n) is 4.05. The lowest BCUT2D eigenvalue weighted by atomic mass is 10.1. The summed E-state index contributed by atoms with van der Waals surface area (Å²) in [6.07, 6.45) is 0. The predicted octanol–water partition coefficient (Wildman–Crippen LogP) is 3.63. The van der Waals surface area contributed by atoms with E-state index in [2.05, 4.69) is 0 Å². The van der Waals surface area contributed by atoms with Crippen LogP contribution in [0, 0.1) is 6.92 Å². The Morgan fingerprint density at radius 2 is 1.92 bits per heavy atom. The van der Waals surface area contributed by atoms with Gasteiger partial charge in [-0.1, -0.05) is 48.0 Å². The molecule has 3 aromatic rings. The molecule has 4 nitrogen and oxygen atoms in total. The molecule has 0 aliphatic rings. The van der Waals surface area contributed by atoms with E-state index in [1.165, 1.54) is 0 Å². The van der Waals surface area contributed by atoms with Crippen LogP contribution in [-0.4, -0.2) is 17.1 Å². The van der Waals surface area contributed by atoms with Crippen LogP contribution in [0.2, 0.25) is 0 Å². The van der Waals surface area contributed by atoms with Crippen LogP contribution < -0.4 is 5.73 Å². The molecular weight excluding hydrogens is 300 g/mol. The quantitative estimate of drug-likeness (QED) is 0.729. The number of aromatic nitrogens is 1. The molecule has 24 heavy (non-hydrogen) atoms. The van der Waals surface area contributed by atoms with Crippen LogP contribution in [0.4, 0.5) is 0 Å². The molecule has 0 radical (unpaired) electrons. The van der Waals surface area contributed by atoms with Gasteiger partial charge in [-0.25, -0.2) is 4.79 Å². The summed E-state index contributed by atoms with van der Waals surface area (Å²) in [5.74, 6) is -0.569. The Labute approximate surface area is 144 Å². The fraction of sp³-hybridized carbons (Fsp3) is 0.250. The Morgan fingerprint density at radius 1 is 1.21 bits per heavy atom. The van der Waals surface area contributed by atoms with Crippen LogP contribution in [0.3, 0.4) is 0 Å². The number of fused-ring (bicyclic) bond motifs is 1. The fourth-order valence-electron chi connectivity index (χ4n) is 2.90. The number of hydrogen-bond donors (Lipinski definition) is 1. The van der Waals surface area contributed by atoms with Crippen LogP contribution in [0.1, 0.15) is 36.8 Å². The number of carbonyl (C=O) groups is 1. The second kappa shape index (κ2) is 6.89. The monoisotopic (exact) mass is 324 g/mol. The Bertz CT molecular complexity index is 941. The molecule has 0 aliphatic carbocycles. The highest BCUT2D eigenvalue weighted by atomic mass is 16.5. The average molecular weight is 324 g/mol. The van der Waals surface area contributed by atoms with Gasteiger partial charge in [0.2, 0.25) is 0 Å². The van der Waals surface area contributed by atoms with E-state index in [4.69, 9.17) is 13.2 Å². The van der Waals surface area contributed by atoms with Crippen molar-refractivity contribution in [2.24, 2.45) is 5.73 Å². The van der Waals surface area contributed by atoms with E-state index in [1.807, 2.05) is 49.4 Å². The maximum atomic E-state index is 12.7. The minimum absolute atomic E-state index is 0.165. The molecular formula is C20H22N2O2. The topological polar surface area (TPSA) is 57.3 Å². The molecule has 1 heterocycles. The maximum Gasteiger partial charge on any atom is 0.355 e. The Balaban J connectivity index is 2.27. The van der Waals surface area contributed by atoms with E-state index < -0.39 is 12.5 Å². The van der Waals surface area contributed by atoms with Gasteiger partial charge in [0, 0.05) is 32.2 Å². The number of ether oxygens (including phenoxy) is 1. The lowest BCUT2D eigenvalue weighted by Gasteiger charge is -2.11. The van der Waals surface area contributed by atoms with Gasteiger partial charge in [0.25, 0.3) is 0 Å².